The summed E-state index contributed by atoms with van der Waals surface area (Å²) in [5.74, 6) is 0.565. The molecule has 0 aromatic carbocycles. The van der Waals surface area contributed by atoms with Gasteiger partial charge in [-0.05, 0) is 57.4 Å². The quantitative estimate of drug-likeness (QED) is 0.602. The van der Waals surface area contributed by atoms with E-state index in [0.717, 1.165) is 25.9 Å². The van der Waals surface area contributed by atoms with Crippen molar-refractivity contribution in [2.45, 2.75) is 59.4 Å². The number of carbonyl (C=O) groups excluding carboxylic acids is 1. The van der Waals surface area contributed by atoms with Crippen LogP contribution in [-0.4, -0.2) is 54.9 Å². The minimum Gasteiger partial charge on any atom is -0.396 e. The van der Waals surface area contributed by atoms with E-state index in [1.54, 1.807) is 0 Å². The summed E-state index contributed by atoms with van der Waals surface area (Å²) in [6.45, 7) is 12.4. The summed E-state index contributed by atoms with van der Waals surface area (Å²) < 4.78 is 0. The van der Waals surface area contributed by atoms with E-state index in [4.69, 9.17) is 0 Å². The number of hydrogen-bond acceptors (Lipinski definition) is 3. The van der Waals surface area contributed by atoms with E-state index in [-0.39, 0.29) is 18.1 Å². The van der Waals surface area contributed by atoms with E-state index < -0.39 is 0 Å². The zero-order chi connectivity index (χ0) is 16.6. The largest absolute Gasteiger partial charge is 0.396 e. The van der Waals surface area contributed by atoms with Crippen LogP contribution in [0.15, 0.2) is 0 Å². The Balaban J connectivity index is 2.13. The molecule has 1 heterocycles. The number of rotatable bonds is 8. The van der Waals surface area contributed by atoms with Crippen molar-refractivity contribution in [3.8, 4) is 0 Å². The van der Waals surface area contributed by atoms with E-state index >= 15 is 0 Å². The molecular formula is C17H35N3O2. The molecule has 5 heteroatoms. The molecule has 2 amide bonds. The highest BCUT2D eigenvalue weighted by Crippen LogP contribution is 2.20. The summed E-state index contributed by atoms with van der Waals surface area (Å²) in [7, 11) is 0. The third kappa shape index (κ3) is 7.45. The van der Waals surface area contributed by atoms with Crippen LogP contribution < -0.4 is 10.6 Å². The van der Waals surface area contributed by atoms with Gasteiger partial charge < -0.3 is 20.6 Å². The lowest BCUT2D eigenvalue weighted by Crippen LogP contribution is -2.45. The van der Waals surface area contributed by atoms with Crippen LogP contribution in [0.1, 0.15) is 53.4 Å². The van der Waals surface area contributed by atoms with E-state index in [1.165, 1.54) is 19.4 Å². The number of urea groups is 1. The first-order valence-electron chi connectivity index (χ1n) is 8.70. The van der Waals surface area contributed by atoms with Gasteiger partial charge in [-0.2, -0.15) is 0 Å². The lowest BCUT2D eigenvalue weighted by atomic mass is 9.89. The van der Waals surface area contributed by atoms with Crippen molar-refractivity contribution < 1.29 is 9.90 Å². The lowest BCUT2D eigenvalue weighted by molar-refractivity contribution is 0.139. The van der Waals surface area contributed by atoms with Crippen LogP contribution in [0.5, 0.6) is 0 Å². The van der Waals surface area contributed by atoms with Crippen molar-refractivity contribution in [2.75, 3.05) is 32.8 Å². The third-order valence-electron chi connectivity index (χ3n) is 4.58. The predicted octanol–water partition coefficient (Wildman–Crippen LogP) is 2.20. The highest BCUT2D eigenvalue weighted by Gasteiger charge is 2.22. The van der Waals surface area contributed by atoms with Gasteiger partial charge in [0.15, 0.2) is 0 Å². The highest BCUT2D eigenvalue weighted by atomic mass is 16.3. The van der Waals surface area contributed by atoms with Gasteiger partial charge >= 0.3 is 6.03 Å². The molecule has 0 aromatic heterocycles. The van der Waals surface area contributed by atoms with Crippen molar-refractivity contribution in [1.82, 2.24) is 15.5 Å². The van der Waals surface area contributed by atoms with E-state index in [0.29, 0.717) is 18.5 Å². The van der Waals surface area contributed by atoms with Gasteiger partial charge in [0.25, 0.3) is 0 Å². The van der Waals surface area contributed by atoms with Crippen LogP contribution in [0.2, 0.25) is 0 Å². The molecule has 1 unspecified atom stereocenters. The van der Waals surface area contributed by atoms with E-state index in [1.807, 2.05) is 13.8 Å². The topological polar surface area (TPSA) is 64.6 Å². The molecule has 1 rings (SSSR count). The summed E-state index contributed by atoms with van der Waals surface area (Å²) in [5, 5.41) is 15.1. The van der Waals surface area contributed by atoms with E-state index in [9.17, 15) is 9.90 Å². The molecule has 1 atom stereocenters. The van der Waals surface area contributed by atoms with Crippen molar-refractivity contribution in [3.63, 3.8) is 0 Å². The summed E-state index contributed by atoms with van der Waals surface area (Å²) in [4.78, 5) is 14.3. The molecule has 1 aliphatic rings. The Hall–Kier alpha value is -0.810. The average molecular weight is 313 g/mol. The average Bonchev–Trinajstić information content (AvgIpc) is 2.50. The van der Waals surface area contributed by atoms with Crippen LogP contribution in [0.4, 0.5) is 4.79 Å². The number of nitrogens with one attached hydrogen (secondary N) is 2. The SMILES string of the molecule is CC(C)N1CCCC(CNC(=O)NCCCC(C)(C)CO)C1. The monoisotopic (exact) mass is 313 g/mol. The van der Waals surface area contributed by atoms with Gasteiger partial charge in [-0.25, -0.2) is 4.79 Å². The number of carbonyl (C=O) groups is 1. The molecule has 0 aliphatic carbocycles. The number of likely N-dealkylation sites (tertiary alicyclic amines) is 1. The smallest absolute Gasteiger partial charge is 0.314 e. The molecule has 0 radical (unpaired) electrons. The minimum atomic E-state index is -0.0662. The van der Waals surface area contributed by atoms with Gasteiger partial charge in [0, 0.05) is 32.3 Å². The fourth-order valence-corrected chi connectivity index (χ4v) is 2.88. The number of piperidine rings is 1. The summed E-state index contributed by atoms with van der Waals surface area (Å²) in [5.41, 5.74) is -0.0550. The van der Waals surface area contributed by atoms with Crippen molar-refractivity contribution in [2.24, 2.45) is 11.3 Å². The standard InChI is InChI=1S/C17H35N3O2/c1-14(2)20-10-5-7-15(12-20)11-19-16(22)18-9-6-8-17(3,4)13-21/h14-15,21H,5-13H2,1-4H3,(H2,18,19,22). The molecule has 1 saturated heterocycles. The maximum atomic E-state index is 11.8. The summed E-state index contributed by atoms with van der Waals surface area (Å²) in [6, 6.07) is 0.523. The number of aliphatic hydroxyl groups is 1. The van der Waals surface area contributed by atoms with Crippen molar-refractivity contribution >= 4 is 6.03 Å². The highest BCUT2D eigenvalue weighted by molar-refractivity contribution is 5.73. The van der Waals surface area contributed by atoms with Crippen LogP contribution in [0.3, 0.4) is 0 Å². The first kappa shape index (κ1) is 19.2. The summed E-state index contributed by atoms with van der Waals surface area (Å²) in [6.07, 6.45) is 4.23. The third-order valence-corrected chi connectivity index (χ3v) is 4.58. The van der Waals surface area contributed by atoms with Crippen molar-refractivity contribution in [3.05, 3.63) is 0 Å². The van der Waals surface area contributed by atoms with Gasteiger partial charge in [-0.1, -0.05) is 13.8 Å². The predicted molar refractivity (Wildman–Crippen MR) is 90.9 cm³/mol. The number of hydrogen-bond donors (Lipinski definition) is 3. The van der Waals surface area contributed by atoms with Gasteiger partial charge in [0.2, 0.25) is 0 Å². The second kappa shape index (κ2) is 9.36. The lowest BCUT2D eigenvalue weighted by Gasteiger charge is -2.35. The summed E-state index contributed by atoms with van der Waals surface area (Å²) >= 11 is 0. The fraction of sp³-hybridized carbons (Fsp3) is 0.941. The fourth-order valence-electron chi connectivity index (χ4n) is 2.88. The second-order valence-electron chi connectivity index (χ2n) is 7.66. The van der Waals surface area contributed by atoms with Crippen LogP contribution in [0, 0.1) is 11.3 Å². The Kier molecular flexibility index (Phi) is 8.18. The minimum absolute atomic E-state index is 0.0550. The van der Waals surface area contributed by atoms with Crippen LogP contribution >= 0.6 is 0 Å². The molecule has 0 spiro atoms. The second-order valence-corrected chi connectivity index (χ2v) is 7.66. The molecule has 1 aliphatic heterocycles. The molecule has 3 N–H and O–H groups in total. The Bertz CT molecular complexity index is 332. The molecular weight excluding hydrogens is 278 g/mol. The molecule has 0 saturated carbocycles. The number of nitrogens with zero attached hydrogens (tertiary/aromatic N) is 1. The van der Waals surface area contributed by atoms with E-state index in [2.05, 4.69) is 29.4 Å². The maximum Gasteiger partial charge on any atom is 0.314 e. The Labute approximate surface area is 135 Å². The first-order chi connectivity index (χ1) is 10.3. The first-order valence-corrected chi connectivity index (χ1v) is 8.70. The Morgan fingerprint density at radius 2 is 2.09 bits per heavy atom. The van der Waals surface area contributed by atoms with Gasteiger partial charge in [0.05, 0.1) is 0 Å². The van der Waals surface area contributed by atoms with Gasteiger partial charge in [0.1, 0.15) is 0 Å². The van der Waals surface area contributed by atoms with Gasteiger partial charge in [-0.3, -0.25) is 0 Å². The molecule has 0 bridgehead atoms. The number of amides is 2. The molecule has 5 nitrogen and oxygen atoms in total. The Morgan fingerprint density at radius 1 is 1.36 bits per heavy atom. The zero-order valence-corrected chi connectivity index (χ0v) is 14.8. The molecule has 22 heavy (non-hydrogen) atoms. The molecule has 1 fully saturated rings. The molecule has 130 valence electrons. The molecule has 0 aromatic rings. The Morgan fingerprint density at radius 3 is 2.73 bits per heavy atom. The van der Waals surface area contributed by atoms with Crippen LogP contribution in [-0.2, 0) is 0 Å². The maximum absolute atomic E-state index is 11.8. The van der Waals surface area contributed by atoms with Crippen LogP contribution in [0.25, 0.3) is 0 Å². The zero-order valence-electron chi connectivity index (χ0n) is 14.8. The number of aliphatic hydroxyl groups excluding tert-OH is 1. The van der Waals surface area contributed by atoms with Gasteiger partial charge in [-0.15, -0.1) is 0 Å². The normalized spacial score (nSPS) is 20.2. The van der Waals surface area contributed by atoms with Crippen molar-refractivity contribution in [1.29, 1.82) is 0 Å².